The standard InChI is InChI=1S/C10H20N2O/c1-4-9(5-2)12-10(6-7-11)8(3)13/h4,10,12H,5-7,11H2,1-3H3/b9-4-. The molecule has 1 atom stereocenters. The lowest BCUT2D eigenvalue weighted by Crippen LogP contribution is -2.36. The predicted molar refractivity (Wildman–Crippen MR) is 55.3 cm³/mol. The molecular formula is C10H20N2O. The van der Waals surface area contributed by atoms with Crippen LogP contribution < -0.4 is 11.1 Å². The Morgan fingerprint density at radius 3 is 2.54 bits per heavy atom. The normalized spacial score (nSPS) is 14.0. The minimum atomic E-state index is -0.115. The van der Waals surface area contributed by atoms with E-state index in [4.69, 9.17) is 5.73 Å². The molecule has 0 aromatic rings. The van der Waals surface area contributed by atoms with Crippen molar-refractivity contribution in [1.29, 1.82) is 0 Å². The zero-order chi connectivity index (χ0) is 10.3. The Labute approximate surface area is 80.4 Å². The molecule has 3 heteroatoms. The minimum absolute atomic E-state index is 0.115. The van der Waals surface area contributed by atoms with E-state index >= 15 is 0 Å². The van der Waals surface area contributed by atoms with E-state index in [2.05, 4.69) is 12.2 Å². The van der Waals surface area contributed by atoms with Crippen LogP contribution in [-0.4, -0.2) is 18.4 Å². The number of hydrogen-bond acceptors (Lipinski definition) is 3. The summed E-state index contributed by atoms with van der Waals surface area (Å²) in [4.78, 5) is 11.2. The largest absolute Gasteiger partial charge is 0.379 e. The van der Waals surface area contributed by atoms with Crippen molar-refractivity contribution in [2.75, 3.05) is 6.54 Å². The van der Waals surface area contributed by atoms with Crippen molar-refractivity contribution in [3.8, 4) is 0 Å². The molecule has 76 valence electrons. The predicted octanol–water partition coefficient (Wildman–Crippen LogP) is 1.20. The Balaban J connectivity index is 4.16. The Hall–Kier alpha value is -0.830. The third kappa shape index (κ3) is 4.68. The summed E-state index contributed by atoms with van der Waals surface area (Å²) in [6.07, 6.45) is 3.62. The fourth-order valence-electron chi connectivity index (χ4n) is 1.16. The Morgan fingerprint density at radius 1 is 1.62 bits per heavy atom. The molecule has 0 aromatic heterocycles. The SMILES string of the molecule is C/C=C(/CC)NC(CCN)C(C)=O. The molecule has 3 N–H and O–H groups in total. The minimum Gasteiger partial charge on any atom is -0.379 e. The topological polar surface area (TPSA) is 55.1 Å². The van der Waals surface area contributed by atoms with E-state index in [0.717, 1.165) is 12.1 Å². The summed E-state index contributed by atoms with van der Waals surface area (Å²) in [5.74, 6) is 0.151. The van der Waals surface area contributed by atoms with Gasteiger partial charge in [-0.2, -0.15) is 0 Å². The van der Waals surface area contributed by atoms with Crippen LogP contribution in [0, 0.1) is 0 Å². The fourth-order valence-corrected chi connectivity index (χ4v) is 1.16. The molecule has 0 fully saturated rings. The first-order chi connectivity index (χ1) is 6.15. The molecule has 0 rings (SSSR count). The van der Waals surface area contributed by atoms with Gasteiger partial charge >= 0.3 is 0 Å². The first-order valence-corrected chi connectivity index (χ1v) is 4.77. The van der Waals surface area contributed by atoms with E-state index in [1.807, 2.05) is 13.0 Å². The lowest BCUT2D eigenvalue weighted by atomic mass is 10.1. The van der Waals surface area contributed by atoms with Crippen LogP contribution in [0.3, 0.4) is 0 Å². The van der Waals surface area contributed by atoms with Gasteiger partial charge in [0.05, 0.1) is 6.04 Å². The van der Waals surface area contributed by atoms with E-state index in [1.54, 1.807) is 6.92 Å². The molecule has 1 unspecified atom stereocenters. The molecule has 3 nitrogen and oxygen atoms in total. The lowest BCUT2D eigenvalue weighted by molar-refractivity contribution is -0.118. The van der Waals surface area contributed by atoms with Gasteiger partial charge in [-0.25, -0.2) is 0 Å². The molecule has 0 heterocycles. The number of nitrogens with two attached hydrogens (primary N) is 1. The van der Waals surface area contributed by atoms with Crippen molar-refractivity contribution >= 4 is 5.78 Å². The number of ketones is 1. The van der Waals surface area contributed by atoms with Gasteiger partial charge < -0.3 is 11.1 Å². The summed E-state index contributed by atoms with van der Waals surface area (Å²) in [5, 5.41) is 3.19. The average Bonchev–Trinajstić information content (AvgIpc) is 2.11. The molecule has 0 aliphatic heterocycles. The summed E-state index contributed by atoms with van der Waals surface area (Å²) in [6.45, 7) is 6.15. The highest BCUT2D eigenvalue weighted by atomic mass is 16.1. The zero-order valence-electron chi connectivity index (χ0n) is 8.76. The van der Waals surface area contributed by atoms with Crippen molar-refractivity contribution < 1.29 is 4.79 Å². The molecule has 0 bridgehead atoms. The highest BCUT2D eigenvalue weighted by Gasteiger charge is 2.12. The molecule has 13 heavy (non-hydrogen) atoms. The van der Waals surface area contributed by atoms with Gasteiger partial charge in [0.15, 0.2) is 5.78 Å². The van der Waals surface area contributed by atoms with Gasteiger partial charge in [-0.1, -0.05) is 13.0 Å². The van der Waals surface area contributed by atoms with Crippen LogP contribution in [-0.2, 0) is 4.79 Å². The van der Waals surface area contributed by atoms with Crippen LogP contribution in [0.25, 0.3) is 0 Å². The van der Waals surface area contributed by atoms with Crippen LogP contribution in [0.15, 0.2) is 11.8 Å². The van der Waals surface area contributed by atoms with Crippen molar-refractivity contribution in [2.45, 2.75) is 39.7 Å². The van der Waals surface area contributed by atoms with Crippen LogP contribution in [0.4, 0.5) is 0 Å². The van der Waals surface area contributed by atoms with E-state index < -0.39 is 0 Å². The highest BCUT2D eigenvalue weighted by Crippen LogP contribution is 2.01. The number of allylic oxidation sites excluding steroid dienone is 2. The summed E-state index contributed by atoms with van der Waals surface area (Å²) in [6, 6.07) is -0.115. The van der Waals surface area contributed by atoms with Crippen molar-refractivity contribution in [3.05, 3.63) is 11.8 Å². The van der Waals surface area contributed by atoms with Gasteiger partial charge in [-0.3, -0.25) is 4.79 Å². The third-order valence-corrected chi connectivity index (χ3v) is 2.04. The monoisotopic (exact) mass is 184 g/mol. The average molecular weight is 184 g/mol. The number of carbonyl (C=O) groups excluding carboxylic acids is 1. The molecule has 0 saturated heterocycles. The van der Waals surface area contributed by atoms with Crippen molar-refractivity contribution in [2.24, 2.45) is 5.73 Å². The van der Waals surface area contributed by atoms with Gasteiger partial charge in [0.25, 0.3) is 0 Å². The van der Waals surface area contributed by atoms with Crippen LogP contribution in [0.2, 0.25) is 0 Å². The molecule has 0 aliphatic carbocycles. The Morgan fingerprint density at radius 2 is 2.23 bits per heavy atom. The quantitative estimate of drug-likeness (QED) is 0.652. The van der Waals surface area contributed by atoms with E-state index in [9.17, 15) is 4.79 Å². The third-order valence-electron chi connectivity index (χ3n) is 2.04. The molecule has 0 spiro atoms. The van der Waals surface area contributed by atoms with Crippen molar-refractivity contribution in [3.63, 3.8) is 0 Å². The maximum Gasteiger partial charge on any atom is 0.151 e. The number of nitrogens with one attached hydrogen (secondary N) is 1. The van der Waals surface area contributed by atoms with Gasteiger partial charge in [-0.15, -0.1) is 0 Å². The van der Waals surface area contributed by atoms with Gasteiger partial charge in [0.1, 0.15) is 0 Å². The highest BCUT2D eigenvalue weighted by molar-refractivity contribution is 5.81. The number of rotatable bonds is 6. The maximum absolute atomic E-state index is 11.2. The fraction of sp³-hybridized carbons (Fsp3) is 0.700. The number of Topliss-reactive ketones (excluding diaryl/α,β-unsaturated/α-hetero) is 1. The molecule has 0 aliphatic rings. The molecule has 0 aromatic carbocycles. The van der Waals surface area contributed by atoms with Crippen LogP contribution in [0.5, 0.6) is 0 Å². The first-order valence-electron chi connectivity index (χ1n) is 4.77. The van der Waals surface area contributed by atoms with E-state index in [1.165, 1.54) is 0 Å². The Kier molecular flexibility index (Phi) is 6.24. The molecule has 0 radical (unpaired) electrons. The van der Waals surface area contributed by atoms with Gasteiger partial charge in [0, 0.05) is 5.70 Å². The first kappa shape index (κ1) is 12.2. The summed E-state index contributed by atoms with van der Waals surface area (Å²) >= 11 is 0. The molecular weight excluding hydrogens is 164 g/mol. The summed E-state index contributed by atoms with van der Waals surface area (Å²) in [5.41, 5.74) is 6.52. The lowest BCUT2D eigenvalue weighted by Gasteiger charge is -2.17. The van der Waals surface area contributed by atoms with Crippen molar-refractivity contribution in [1.82, 2.24) is 5.32 Å². The second-order valence-electron chi connectivity index (χ2n) is 3.05. The van der Waals surface area contributed by atoms with Gasteiger partial charge in [0.2, 0.25) is 0 Å². The molecule has 0 saturated carbocycles. The van der Waals surface area contributed by atoms with Crippen LogP contribution >= 0.6 is 0 Å². The Bertz CT molecular complexity index is 187. The number of hydrogen-bond donors (Lipinski definition) is 2. The number of carbonyl (C=O) groups is 1. The van der Waals surface area contributed by atoms with Crippen LogP contribution in [0.1, 0.15) is 33.6 Å². The van der Waals surface area contributed by atoms with Gasteiger partial charge in [-0.05, 0) is 33.2 Å². The maximum atomic E-state index is 11.2. The summed E-state index contributed by atoms with van der Waals surface area (Å²) < 4.78 is 0. The second kappa shape index (κ2) is 6.66. The second-order valence-corrected chi connectivity index (χ2v) is 3.05. The van der Waals surface area contributed by atoms with E-state index in [-0.39, 0.29) is 11.8 Å². The zero-order valence-corrected chi connectivity index (χ0v) is 8.76. The summed E-state index contributed by atoms with van der Waals surface area (Å²) in [7, 11) is 0. The molecule has 0 amide bonds. The smallest absolute Gasteiger partial charge is 0.151 e. The van der Waals surface area contributed by atoms with E-state index in [0.29, 0.717) is 13.0 Å².